The van der Waals surface area contributed by atoms with Crippen LogP contribution >= 0.6 is 11.3 Å². The van der Waals surface area contributed by atoms with E-state index in [9.17, 15) is 14.4 Å². The van der Waals surface area contributed by atoms with Crippen LogP contribution in [0.1, 0.15) is 27.9 Å². The number of aromatic nitrogens is 1. The SMILES string of the molecule is CCc1c(C(=O)O)sc(=O)n1CC(=O)Nc1cccc(C)c1. The number of nitrogens with zero attached hydrogens (tertiary/aromatic N) is 1. The van der Waals surface area contributed by atoms with Crippen LogP contribution in [0, 0.1) is 6.92 Å². The summed E-state index contributed by atoms with van der Waals surface area (Å²) < 4.78 is 1.22. The van der Waals surface area contributed by atoms with Gasteiger partial charge in [-0.25, -0.2) is 4.79 Å². The third kappa shape index (κ3) is 3.43. The third-order valence-corrected chi connectivity index (χ3v) is 4.14. The molecule has 0 aliphatic carbocycles. The van der Waals surface area contributed by atoms with Crippen molar-refractivity contribution in [2.24, 2.45) is 0 Å². The summed E-state index contributed by atoms with van der Waals surface area (Å²) in [7, 11) is 0. The van der Waals surface area contributed by atoms with Gasteiger partial charge in [-0.15, -0.1) is 0 Å². The number of carbonyl (C=O) groups excluding carboxylic acids is 1. The summed E-state index contributed by atoms with van der Waals surface area (Å²) in [4.78, 5) is 34.7. The minimum Gasteiger partial charge on any atom is -0.477 e. The van der Waals surface area contributed by atoms with Crippen LogP contribution in [-0.4, -0.2) is 21.6 Å². The normalized spacial score (nSPS) is 10.5. The highest BCUT2D eigenvalue weighted by Gasteiger charge is 2.20. The standard InChI is InChI=1S/C15H16N2O4S/c1-3-11-13(14(19)20)22-15(21)17(11)8-12(18)16-10-6-4-5-9(2)7-10/h4-7H,3,8H2,1-2H3,(H,16,18)(H,19,20). The molecule has 6 nitrogen and oxygen atoms in total. The van der Waals surface area contributed by atoms with Crippen molar-refractivity contribution in [3.63, 3.8) is 0 Å². The predicted molar refractivity (Wildman–Crippen MR) is 84.7 cm³/mol. The molecule has 2 aromatic rings. The van der Waals surface area contributed by atoms with Gasteiger partial charge in [-0.3, -0.25) is 14.2 Å². The van der Waals surface area contributed by atoms with Crippen LogP contribution < -0.4 is 10.2 Å². The Balaban J connectivity index is 2.22. The maximum atomic E-state index is 12.1. The Morgan fingerprint density at radius 2 is 2.09 bits per heavy atom. The number of carboxylic acid groups (broad SMARTS) is 1. The van der Waals surface area contributed by atoms with Crippen molar-refractivity contribution in [2.45, 2.75) is 26.8 Å². The molecule has 0 aliphatic heterocycles. The first-order valence-electron chi connectivity index (χ1n) is 6.74. The number of rotatable bonds is 5. The molecule has 0 fully saturated rings. The maximum Gasteiger partial charge on any atom is 0.347 e. The van der Waals surface area contributed by atoms with Gasteiger partial charge >= 0.3 is 10.8 Å². The van der Waals surface area contributed by atoms with Gasteiger partial charge in [-0.05, 0) is 31.0 Å². The Hall–Kier alpha value is -2.41. The molecular formula is C15H16N2O4S. The van der Waals surface area contributed by atoms with Gasteiger partial charge in [0.15, 0.2) is 0 Å². The third-order valence-electron chi connectivity index (χ3n) is 3.13. The molecule has 0 atom stereocenters. The first-order valence-corrected chi connectivity index (χ1v) is 7.56. The molecule has 1 aromatic heterocycles. The van der Waals surface area contributed by atoms with E-state index in [1.54, 1.807) is 13.0 Å². The molecule has 1 amide bonds. The Labute approximate surface area is 131 Å². The largest absolute Gasteiger partial charge is 0.477 e. The molecule has 116 valence electrons. The topological polar surface area (TPSA) is 88.4 Å². The lowest BCUT2D eigenvalue weighted by Gasteiger charge is -2.08. The summed E-state index contributed by atoms with van der Waals surface area (Å²) in [5, 5.41) is 11.8. The average Bonchev–Trinajstić information content (AvgIpc) is 2.75. The molecule has 0 spiro atoms. The number of carboxylic acids is 1. The molecule has 1 aromatic carbocycles. The van der Waals surface area contributed by atoms with E-state index in [1.807, 2.05) is 25.1 Å². The highest BCUT2D eigenvalue weighted by atomic mass is 32.1. The van der Waals surface area contributed by atoms with Crippen molar-refractivity contribution in [2.75, 3.05) is 5.32 Å². The number of benzene rings is 1. The second-order valence-electron chi connectivity index (χ2n) is 4.81. The van der Waals surface area contributed by atoms with Crippen LogP contribution in [0.5, 0.6) is 0 Å². The van der Waals surface area contributed by atoms with Gasteiger partial charge < -0.3 is 10.4 Å². The van der Waals surface area contributed by atoms with E-state index in [0.29, 0.717) is 29.1 Å². The van der Waals surface area contributed by atoms with Gasteiger partial charge in [-0.2, -0.15) is 0 Å². The molecule has 2 rings (SSSR count). The van der Waals surface area contributed by atoms with Crippen molar-refractivity contribution >= 4 is 28.9 Å². The molecule has 22 heavy (non-hydrogen) atoms. The zero-order valence-corrected chi connectivity index (χ0v) is 13.1. The van der Waals surface area contributed by atoms with Gasteiger partial charge in [0.2, 0.25) is 5.91 Å². The number of aromatic carboxylic acids is 1. The van der Waals surface area contributed by atoms with Crippen LogP contribution in [-0.2, 0) is 17.8 Å². The summed E-state index contributed by atoms with van der Waals surface area (Å²) in [5.74, 6) is -1.51. The lowest BCUT2D eigenvalue weighted by atomic mass is 10.2. The van der Waals surface area contributed by atoms with Crippen LogP contribution in [0.2, 0.25) is 0 Å². The first-order chi connectivity index (χ1) is 10.4. The summed E-state index contributed by atoms with van der Waals surface area (Å²) in [5.41, 5.74) is 2.03. The molecule has 0 bridgehead atoms. The number of amides is 1. The number of aryl methyl sites for hydroxylation is 1. The highest BCUT2D eigenvalue weighted by Crippen LogP contribution is 2.14. The summed E-state index contributed by atoms with van der Waals surface area (Å²) in [6.07, 6.45) is 0.373. The predicted octanol–water partition coefficient (Wildman–Crippen LogP) is 2.12. The fourth-order valence-corrected chi connectivity index (χ4v) is 3.10. The summed E-state index contributed by atoms with van der Waals surface area (Å²) in [6.45, 7) is 3.47. The monoisotopic (exact) mass is 320 g/mol. The number of carbonyl (C=O) groups is 2. The molecular weight excluding hydrogens is 304 g/mol. The lowest BCUT2D eigenvalue weighted by molar-refractivity contribution is -0.116. The molecule has 0 radical (unpaired) electrons. The lowest BCUT2D eigenvalue weighted by Crippen LogP contribution is -2.26. The van der Waals surface area contributed by atoms with E-state index in [1.165, 1.54) is 4.57 Å². The van der Waals surface area contributed by atoms with Crippen molar-refractivity contribution in [3.05, 3.63) is 50.1 Å². The maximum absolute atomic E-state index is 12.1. The molecule has 0 unspecified atom stereocenters. The minimum atomic E-state index is -1.14. The Kier molecular flexibility index (Phi) is 4.77. The molecule has 0 saturated heterocycles. The highest BCUT2D eigenvalue weighted by molar-refractivity contribution is 7.11. The van der Waals surface area contributed by atoms with Crippen LogP contribution in [0.4, 0.5) is 5.69 Å². The van der Waals surface area contributed by atoms with Crippen molar-refractivity contribution in [1.29, 1.82) is 0 Å². The summed E-state index contributed by atoms with van der Waals surface area (Å²) >= 11 is 0.652. The fourth-order valence-electron chi connectivity index (χ4n) is 2.18. The molecule has 2 N–H and O–H groups in total. The van der Waals surface area contributed by atoms with Crippen molar-refractivity contribution < 1.29 is 14.7 Å². The van der Waals surface area contributed by atoms with Gasteiger partial charge in [-0.1, -0.05) is 30.4 Å². The smallest absolute Gasteiger partial charge is 0.347 e. The molecule has 0 aliphatic rings. The number of hydrogen-bond acceptors (Lipinski definition) is 4. The van der Waals surface area contributed by atoms with E-state index >= 15 is 0 Å². The van der Waals surface area contributed by atoms with E-state index in [-0.39, 0.29) is 17.3 Å². The second kappa shape index (κ2) is 6.57. The van der Waals surface area contributed by atoms with Crippen molar-refractivity contribution in [3.8, 4) is 0 Å². The number of hydrogen-bond donors (Lipinski definition) is 2. The number of nitrogens with one attached hydrogen (secondary N) is 1. The zero-order valence-electron chi connectivity index (χ0n) is 12.3. The molecule has 1 heterocycles. The Bertz CT molecular complexity index is 776. The van der Waals surface area contributed by atoms with Gasteiger partial charge in [0, 0.05) is 11.4 Å². The van der Waals surface area contributed by atoms with Crippen LogP contribution in [0.25, 0.3) is 0 Å². The minimum absolute atomic E-state index is 0.00384. The fraction of sp³-hybridized carbons (Fsp3) is 0.267. The van der Waals surface area contributed by atoms with E-state index in [2.05, 4.69) is 5.32 Å². The van der Waals surface area contributed by atoms with E-state index < -0.39 is 10.8 Å². The zero-order chi connectivity index (χ0) is 16.3. The van der Waals surface area contributed by atoms with E-state index in [4.69, 9.17) is 5.11 Å². The number of anilines is 1. The second-order valence-corrected chi connectivity index (χ2v) is 5.77. The van der Waals surface area contributed by atoms with Gasteiger partial charge in [0.25, 0.3) is 0 Å². The van der Waals surface area contributed by atoms with Crippen molar-refractivity contribution in [1.82, 2.24) is 4.57 Å². The van der Waals surface area contributed by atoms with Crippen LogP contribution in [0.15, 0.2) is 29.1 Å². The Morgan fingerprint density at radius 3 is 2.68 bits per heavy atom. The van der Waals surface area contributed by atoms with E-state index in [0.717, 1.165) is 5.56 Å². The van der Waals surface area contributed by atoms with Gasteiger partial charge in [0.1, 0.15) is 11.4 Å². The summed E-state index contributed by atoms with van der Waals surface area (Å²) in [6, 6.07) is 7.30. The van der Waals surface area contributed by atoms with Gasteiger partial charge in [0.05, 0.1) is 0 Å². The van der Waals surface area contributed by atoms with Crippen LogP contribution in [0.3, 0.4) is 0 Å². The first kappa shape index (κ1) is 16.0. The molecule has 0 saturated carbocycles. The Morgan fingerprint density at radius 1 is 1.36 bits per heavy atom. The molecule has 7 heteroatoms. The average molecular weight is 320 g/mol. The number of thiazole rings is 1. The quantitative estimate of drug-likeness (QED) is 0.883.